The van der Waals surface area contributed by atoms with E-state index >= 15 is 0 Å². The van der Waals surface area contributed by atoms with E-state index in [9.17, 15) is 5.11 Å². The molecule has 0 aliphatic carbocycles. The Labute approximate surface area is 109 Å². The van der Waals surface area contributed by atoms with E-state index in [1.807, 2.05) is 12.1 Å². The maximum absolute atomic E-state index is 9.52. The van der Waals surface area contributed by atoms with Gasteiger partial charge >= 0.3 is 0 Å². The number of fused-ring (bicyclic) bond motifs is 3. The summed E-state index contributed by atoms with van der Waals surface area (Å²) in [4.78, 5) is 4.44. The van der Waals surface area contributed by atoms with E-state index in [0.29, 0.717) is 24.6 Å². The molecule has 1 N–H and O–H groups in total. The molecule has 0 saturated carbocycles. The van der Waals surface area contributed by atoms with Crippen LogP contribution in [0.25, 0.3) is 22.0 Å². The van der Waals surface area contributed by atoms with Gasteiger partial charge in [0, 0.05) is 12.5 Å². The highest BCUT2D eigenvalue weighted by molar-refractivity contribution is 6.00. The van der Waals surface area contributed by atoms with E-state index in [2.05, 4.69) is 10.1 Å². The van der Waals surface area contributed by atoms with Gasteiger partial charge in [-0.05, 0) is 19.1 Å². The fourth-order valence-corrected chi connectivity index (χ4v) is 2.18. The first-order valence-corrected chi connectivity index (χ1v) is 6.10. The van der Waals surface area contributed by atoms with Crippen molar-refractivity contribution in [3.05, 3.63) is 24.2 Å². The van der Waals surface area contributed by atoms with Crippen molar-refractivity contribution in [3.8, 4) is 0 Å². The Bertz CT molecular complexity index is 714. The second-order valence-corrected chi connectivity index (χ2v) is 4.57. The van der Waals surface area contributed by atoms with Crippen LogP contribution in [0.4, 0.5) is 0 Å². The molecule has 0 bridgehead atoms. The predicted octanol–water partition coefficient (Wildman–Crippen LogP) is 1.70. The van der Waals surface area contributed by atoms with E-state index in [-0.39, 0.29) is 0 Å². The zero-order valence-corrected chi connectivity index (χ0v) is 10.8. The number of methoxy groups -OCH3 is 1. The van der Waals surface area contributed by atoms with Crippen LogP contribution >= 0.6 is 0 Å². The molecule has 0 aliphatic heterocycles. The number of benzene rings is 1. The first-order valence-electron chi connectivity index (χ1n) is 6.10. The van der Waals surface area contributed by atoms with E-state index in [0.717, 1.165) is 16.4 Å². The van der Waals surface area contributed by atoms with Crippen LogP contribution in [0, 0.1) is 0 Å². The monoisotopic (exact) mass is 261 g/mol. The SMILES string of the molecule is COCc1nc2c(ccc3cnn(CC(C)O)c32)o1. The molecule has 100 valence electrons. The maximum Gasteiger partial charge on any atom is 0.221 e. The first kappa shape index (κ1) is 12.1. The van der Waals surface area contributed by atoms with Crippen LogP contribution in [0.3, 0.4) is 0 Å². The molecule has 2 heterocycles. The molecule has 0 fully saturated rings. The van der Waals surface area contributed by atoms with Crippen molar-refractivity contribution in [1.82, 2.24) is 14.8 Å². The lowest BCUT2D eigenvalue weighted by atomic mass is 10.2. The molecule has 3 aromatic rings. The van der Waals surface area contributed by atoms with Gasteiger partial charge in [-0.15, -0.1) is 0 Å². The molecule has 1 aromatic carbocycles. The van der Waals surface area contributed by atoms with Gasteiger partial charge in [-0.1, -0.05) is 0 Å². The largest absolute Gasteiger partial charge is 0.438 e. The third-order valence-corrected chi connectivity index (χ3v) is 2.91. The van der Waals surface area contributed by atoms with Crippen molar-refractivity contribution in [3.63, 3.8) is 0 Å². The van der Waals surface area contributed by atoms with Gasteiger partial charge in [-0.25, -0.2) is 4.98 Å². The summed E-state index contributed by atoms with van der Waals surface area (Å²) >= 11 is 0. The topological polar surface area (TPSA) is 73.3 Å². The van der Waals surface area contributed by atoms with Crippen molar-refractivity contribution in [2.24, 2.45) is 0 Å². The summed E-state index contributed by atoms with van der Waals surface area (Å²) in [6.45, 7) is 2.49. The third kappa shape index (κ3) is 2.09. The normalized spacial score (nSPS) is 13.4. The number of ether oxygens (including phenoxy) is 1. The van der Waals surface area contributed by atoms with Crippen LogP contribution in [0.2, 0.25) is 0 Å². The Balaban J connectivity index is 2.21. The maximum atomic E-state index is 9.52. The van der Waals surface area contributed by atoms with Crippen LogP contribution in [-0.4, -0.2) is 33.1 Å². The highest BCUT2D eigenvalue weighted by Gasteiger charge is 2.14. The van der Waals surface area contributed by atoms with Crippen molar-refractivity contribution in [2.75, 3.05) is 7.11 Å². The minimum Gasteiger partial charge on any atom is -0.438 e. The predicted molar refractivity (Wildman–Crippen MR) is 69.7 cm³/mol. The number of aromatic nitrogens is 3. The van der Waals surface area contributed by atoms with Gasteiger partial charge in [0.1, 0.15) is 12.1 Å². The molecule has 6 nitrogen and oxygen atoms in total. The quantitative estimate of drug-likeness (QED) is 0.773. The summed E-state index contributed by atoms with van der Waals surface area (Å²) in [5.41, 5.74) is 2.33. The molecule has 19 heavy (non-hydrogen) atoms. The lowest BCUT2D eigenvalue weighted by molar-refractivity contribution is 0.161. The molecular formula is C13H15N3O3. The number of aliphatic hydroxyl groups excluding tert-OH is 1. The fraction of sp³-hybridized carbons (Fsp3) is 0.385. The number of hydrogen-bond donors (Lipinski definition) is 1. The number of nitrogens with zero attached hydrogens (tertiary/aromatic N) is 3. The van der Waals surface area contributed by atoms with Gasteiger partial charge in [0.2, 0.25) is 5.89 Å². The van der Waals surface area contributed by atoms with Crippen LogP contribution < -0.4 is 0 Å². The minimum absolute atomic E-state index is 0.334. The van der Waals surface area contributed by atoms with E-state index in [4.69, 9.17) is 9.15 Å². The zero-order valence-electron chi connectivity index (χ0n) is 10.8. The minimum atomic E-state index is -0.469. The molecule has 0 saturated heterocycles. The molecule has 0 amide bonds. The number of oxazole rings is 1. The van der Waals surface area contributed by atoms with Crippen LogP contribution in [0.15, 0.2) is 22.7 Å². The number of hydrogen-bond acceptors (Lipinski definition) is 5. The van der Waals surface area contributed by atoms with E-state index in [1.165, 1.54) is 0 Å². The average Bonchev–Trinajstić information content (AvgIpc) is 2.92. The lowest BCUT2D eigenvalue weighted by Crippen LogP contribution is -2.12. The highest BCUT2D eigenvalue weighted by Crippen LogP contribution is 2.26. The van der Waals surface area contributed by atoms with Crippen molar-refractivity contribution in [2.45, 2.75) is 26.2 Å². The van der Waals surface area contributed by atoms with Crippen molar-refractivity contribution >= 4 is 22.0 Å². The van der Waals surface area contributed by atoms with Gasteiger partial charge in [0.15, 0.2) is 5.58 Å². The highest BCUT2D eigenvalue weighted by atomic mass is 16.5. The molecule has 0 aliphatic rings. The van der Waals surface area contributed by atoms with Crippen LogP contribution in [0.1, 0.15) is 12.8 Å². The van der Waals surface area contributed by atoms with Crippen LogP contribution in [-0.2, 0) is 17.9 Å². The molecule has 0 spiro atoms. The second kappa shape index (κ2) is 4.64. The smallest absolute Gasteiger partial charge is 0.221 e. The summed E-state index contributed by atoms with van der Waals surface area (Å²) in [5, 5.41) is 14.8. The zero-order chi connectivity index (χ0) is 13.4. The first-order chi connectivity index (χ1) is 9.19. The van der Waals surface area contributed by atoms with Gasteiger partial charge in [-0.3, -0.25) is 4.68 Å². The molecule has 3 rings (SSSR count). The molecule has 0 radical (unpaired) electrons. The second-order valence-electron chi connectivity index (χ2n) is 4.57. The molecule has 1 atom stereocenters. The lowest BCUT2D eigenvalue weighted by Gasteiger charge is -2.05. The Hall–Kier alpha value is -1.92. The fourth-order valence-electron chi connectivity index (χ4n) is 2.18. The van der Waals surface area contributed by atoms with E-state index < -0.39 is 6.10 Å². The van der Waals surface area contributed by atoms with E-state index in [1.54, 1.807) is 24.9 Å². The molecular weight excluding hydrogens is 246 g/mol. The summed E-state index contributed by atoms with van der Waals surface area (Å²) in [6.07, 6.45) is 1.30. The summed E-state index contributed by atoms with van der Waals surface area (Å²) in [6, 6.07) is 3.81. The van der Waals surface area contributed by atoms with Gasteiger partial charge in [0.05, 0.1) is 24.4 Å². The number of rotatable bonds is 4. The molecule has 1 unspecified atom stereocenters. The van der Waals surface area contributed by atoms with Gasteiger partial charge in [0.25, 0.3) is 0 Å². The van der Waals surface area contributed by atoms with Crippen LogP contribution in [0.5, 0.6) is 0 Å². The van der Waals surface area contributed by atoms with Gasteiger partial charge in [-0.2, -0.15) is 5.10 Å². The number of aliphatic hydroxyl groups is 1. The summed E-state index contributed by atoms with van der Waals surface area (Å²) < 4.78 is 12.4. The molecule has 6 heteroatoms. The Kier molecular flexibility index (Phi) is 2.96. The average molecular weight is 261 g/mol. The summed E-state index contributed by atoms with van der Waals surface area (Å²) in [7, 11) is 1.60. The Morgan fingerprint density at radius 1 is 1.47 bits per heavy atom. The standard InChI is InChI=1S/C13H15N3O3/c1-8(17)6-16-13-9(5-14-16)3-4-10-12(13)15-11(19-10)7-18-2/h3-5,8,17H,6-7H2,1-2H3. The Morgan fingerprint density at radius 2 is 2.32 bits per heavy atom. The Morgan fingerprint density at radius 3 is 3.05 bits per heavy atom. The van der Waals surface area contributed by atoms with Crippen molar-refractivity contribution in [1.29, 1.82) is 0 Å². The third-order valence-electron chi connectivity index (χ3n) is 2.91. The van der Waals surface area contributed by atoms with Crippen molar-refractivity contribution < 1.29 is 14.3 Å². The van der Waals surface area contributed by atoms with Gasteiger partial charge < -0.3 is 14.3 Å². The molecule has 2 aromatic heterocycles. The summed E-state index contributed by atoms with van der Waals surface area (Å²) in [5.74, 6) is 0.537.